The van der Waals surface area contributed by atoms with E-state index < -0.39 is 22.6 Å². The fourth-order valence-corrected chi connectivity index (χ4v) is 2.01. The van der Waals surface area contributed by atoms with Crippen LogP contribution < -0.4 is 5.32 Å². The number of nitro groups is 1. The molecule has 0 heterocycles. The van der Waals surface area contributed by atoms with Gasteiger partial charge in [-0.15, -0.1) is 0 Å². The van der Waals surface area contributed by atoms with E-state index >= 15 is 0 Å². The van der Waals surface area contributed by atoms with E-state index in [0.717, 1.165) is 24.3 Å². The van der Waals surface area contributed by atoms with Crippen molar-refractivity contribution in [2.75, 3.05) is 5.32 Å². The van der Waals surface area contributed by atoms with Gasteiger partial charge in [-0.25, -0.2) is 0 Å². The predicted octanol–water partition coefficient (Wildman–Crippen LogP) is 4.17. The summed E-state index contributed by atoms with van der Waals surface area (Å²) in [5.74, 6) is -0.633. The van der Waals surface area contributed by atoms with Crippen molar-refractivity contribution >= 4 is 17.3 Å². The molecule has 0 bridgehead atoms. The lowest BCUT2D eigenvalue weighted by Gasteiger charge is -2.10. The zero-order valence-electron chi connectivity index (χ0n) is 11.8. The first-order valence-electron chi connectivity index (χ1n) is 6.43. The Balaban J connectivity index is 2.23. The number of hydrogen-bond donors (Lipinski definition) is 1. The van der Waals surface area contributed by atoms with E-state index in [4.69, 9.17) is 0 Å². The van der Waals surface area contributed by atoms with E-state index in [-0.39, 0.29) is 22.5 Å². The second kappa shape index (κ2) is 6.07. The number of carbonyl (C=O) groups is 1. The third-order valence-electron chi connectivity index (χ3n) is 3.22. The number of benzene rings is 2. The molecule has 1 N–H and O–H groups in total. The summed E-state index contributed by atoms with van der Waals surface area (Å²) in [7, 11) is 0. The summed E-state index contributed by atoms with van der Waals surface area (Å²) in [5.41, 5.74) is -0.609. The minimum Gasteiger partial charge on any atom is -0.322 e. The topological polar surface area (TPSA) is 72.2 Å². The molecule has 0 fully saturated rings. The number of halogens is 3. The molecule has 8 heteroatoms. The van der Waals surface area contributed by atoms with Gasteiger partial charge in [0, 0.05) is 22.9 Å². The Hall–Kier alpha value is -2.90. The molecule has 2 rings (SSSR count). The van der Waals surface area contributed by atoms with Crippen molar-refractivity contribution in [1.82, 2.24) is 0 Å². The van der Waals surface area contributed by atoms with Crippen LogP contribution in [-0.4, -0.2) is 10.8 Å². The summed E-state index contributed by atoms with van der Waals surface area (Å²) in [6, 6.07) is 7.96. The van der Waals surface area contributed by atoms with Crippen LogP contribution in [0.3, 0.4) is 0 Å². The molecule has 0 spiro atoms. The van der Waals surface area contributed by atoms with Gasteiger partial charge < -0.3 is 5.32 Å². The Morgan fingerprint density at radius 1 is 1.13 bits per heavy atom. The van der Waals surface area contributed by atoms with Crippen LogP contribution in [0.2, 0.25) is 0 Å². The number of nitrogens with zero attached hydrogens (tertiary/aromatic N) is 1. The first-order valence-corrected chi connectivity index (χ1v) is 6.43. The lowest BCUT2D eigenvalue weighted by molar-refractivity contribution is -0.385. The third-order valence-corrected chi connectivity index (χ3v) is 3.22. The number of rotatable bonds is 3. The van der Waals surface area contributed by atoms with Crippen molar-refractivity contribution in [1.29, 1.82) is 0 Å². The molecule has 0 unspecified atom stereocenters. The Kier molecular flexibility index (Phi) is 4.35. The van der Waals surface area contributed by atoms with E-state index in [1.165, 1.54) is 25.1 Å². The molecule has 0 aromatic heterocycles. The highest BCUT2D eigenvalue weighted by atomic mass is 19.4. The minimum absolute atomic E-state index is 0.0825. The monoisotopic (exact) mass is 324 g/mol. The number of nitro benzene ring substituents is 1. The molecular weight excluding hydrogens is 313 g/mol. The molecule has 0 saturated carbocycles. The summed E-state index contributed by atoms with van der Waals surface area (Å²) >= 11 is 0. The van der Waals surface area contributed by atoms with Crippen molar-refractivity contribution in [3.05, 3.63) is 69.3 Å². The summed E-state index contributed by atoms with van der Waals surface area (Å²) in [4.78, 5) is 22.4. The van der Waals surface area contributed by atoms with Crippen LogP contribution >= 0.6 is 0 Å². The number of carbonyl (C=O) groups excluding carboxylic acids is 1. The molecule has 0 saturated heterocycles. The fourth-order valence-electron chi connectivity index (χ4n) is 2.01. The summed E-state index contributed by atoms with van der Waals surface area (Å²) < 4.78 is 37.4. The van der Waals surface area contributed by atoms with Crippen LogP contribution in [0.4, 0.5) is 24.5 Å². The van der Waals surface area contributed by atoms with E-state index in [1.807, 2.05) is 0 Å². The lowest BCUT2D eigenvalue weighted by atomic mass is 10.1. The van der Waals surface area contributed by atoms with Gasteiger partial charge >= 0.3 is 6.18 Å². The maximum atomic E-state index is 12.5. The van der Waals surface area contributed by atoms with E-state index in [1.54, 1.807) is 0 Å². The summed E-state index contributed by atoms with van der Waals surface area (Å²) in [6.07, 6.45) is -4.46. The highest BCUT2D eigenvalue weighted by molar-refractivity contribution is 6.05. The van der Waals surface area contributed by atoms with Crippen molar-refractivity contribution < 1.29 is 22.9 Å². The van der Waals surface area contributed by atoms with Crippen LogP contribution in [0, 0.1) is 17.0 Å². The Morgan fingerprint density at radius 2 is 1.74 bits per heavy atom. The van der Waals surface area contributed by atoms with Crippen molar-refractivity contribution in [2.24, 2.45) is 0 Å². The van der Waals surface area contributed by atoms with Crippen LogP contribution in [0.1, 0.15) is 21.5 Å². The average Bonchev–Trinajstić information content (AvgIpc) is 2.46. The number of nitrogens with one attached hydrogen (secondary N) is 1. The van der Waals surface area contributed by atoms with Crippen LogP contribution in [0.15, 0.2) is 42.5 Å². The maximum absolute atomic E-state index is 12.5. The molecule has 23 heavy (non-hydrogen) atoms. The van der Waals surface area contributed by atoms with Crippen LogP contribution in [-0.2, 0) is 6.18 Å². The molecular formula is C15H11F3N2O3. The molecule has 0 atom stereocenters. The number of anilines is 1. The first-order chi connectivity index (χ1) is 10.7. The highest BCUT2D eigenvalue weighted by Crippen LogP contribution is 2.30. The zero-order valence-corrected chi connectivity index (χ0v) is 11.8. The fraction of sp³-hybridized carbons (Fsp3) is 0.133. The van der Waals surface area contributed by atoms with Crippen LogP contribution in [0.25, 0.3) is 0 Å². The lowest BCUT2D eigenvalue weighted by Crippen LogP contribution is -2.14. The van der Waals surface area contributed by atoms with Gasteiger partial charge in [-0.2, -0.15) is 13.2 Å². The maximum Gasteiger partial charge on any atom is 0.416 e. The number of hydrogen-bond acceptors (Lipinski definition) is 3. The molecule has 120 valence electrons. The molecule has 2 aromatic carbocycles. The Labute approximate surface area is 128 Å². The number of amides is 1. The van der Waals surface area contributed by atoms with Gasteiger partial charge in [0.1, 0.15) is 0 Å². The second-order valence-electron chi connectivity index (χ2n) is 4.74. The van der Waals surface area contributed by atoms with Gasteiger partial charge in [-0.3, -0.25) is 14.9 Å². The zero-order chi connectivity index (χ0) is 17.2. The third kappa shape index (κ3) is 3.65. The second-order valence-corrected chi connectivity index (χ2v) is 4.74. The SMILES string of the molecule is Cc1c(C(=O)Nc2ccc(C(F)(F)F)cc2)cccc1[N+](=O)[O-]. The molecule has 0 aliphatic carbocycles. The quantitative estimate of drug-likeness (QED) is 0.680. The van der Waals surface area contributed by atoms with Gasteiger partial charge in [0.2, 0.25) is 0 Å². The Morgan fingerprint density at radius 3 is 2.26 bits per heavy atom. The van der Waals surface area contributed by atoms with Crippen molar-refractivity contribution in [3.8, 4) is 0 Å². The normalized spacial score (nSPS) is 11.1. The molecule has 2 aromatic rings. The highest BCUT2D eigenvalue weighted by Gasteiger charge is 2.30. The van der Waals surface area contributed by atoms with Crippen molar-refractivity contribution in [3.63, 3.8) is 0 Å². The van der Waals surface area contributed by atoms with E-state index in [2.05, 4.69) is 5.32 Å². The van der Waals surface area contributed by atoms with Gasteiger partial charge in [-0.05, 0) is 37.3 Å². The molecule has 1 amide bonds. The Bertz CT molecular complexity index is 756. The summed E-state index contributed by atoms with van der Waals surface area (Å²) in [5, 5.41) is 13.3. The van der Waals surface area contributed by atoms with Gasteiger partial charge in [0.15, 0.2) is 0 Å². The largest absolute Gasteiger partial charge is 0.416 e. The van der Waals surface area contributed by atoms with Crippen molar-refractivity contribution in [2.45, 2.75) is 13.1 Å². The van der Waals surface area contributed by atoms with E-state index in [0.29, 0.717) is 0 Å². The molecule has 0 aliphatic rings. The first kappa shape index (κ1) is 16.5. The summed E-state index contributed by atoms with van der Waals surface area (Å²) in [6.45, 7) is 1.43. The van der Waals surface area contributed by atoms with Gasteiger partial charge in [0.05, 0.1) is 10.5 Å². The molecule has 5 nitrogen and oxygen atoms in total. The van der Waals surface area contributed by atoms with Gasteiger partial charge in [0.25, 0.3) is 11.6 Å². The van der Waals surface area contributed by atoms with Gasteiger partial charge in [-0.1, -0.05) is 6.07 Å². The van der Waals surface area contributed by atoms with E-state index in [9.17, 15) is 28.1 Å². The predicted molar refractivity (Wildman–Crippen MR) is 77.2 cm³/mol. The average molecular weight is 324 g/mol. The molecule has 0 radical (unpaired) electrons. The number of alkyl halides is 3. The minimum atomic E-state index is -4.46. The molecule has 0 aliphatic heterocycles. The standard InChI is InChI=1S/C15H11F3N2O3/c1-9-12(3-2-4-13(9)20(22)23)14(21)19-11-7-5-10(6-8-11)15(16,17)18/h2-8H,1H3,(H,19,21). The van der Waals surface area contributed by atoms with Crippen LogP contribution in [0.5, 0.6) is 0 Å². The smallest absolute Gasteiger partial charge is 0.322 e.